The maximum absolute atomic E-state index is 11.2. The lowest BCUT2D eigenvalue weighted by Gasteiger charge is -2.16. The van der Waals surface area contributed by atoms with E-state index in [0.717, 1.165) is 18.7 Å². The standard InChI is InChI=1S/C8H14N2O.C5H10O2/c1-10(2)6-7-5-9-4-3-8(7)11;1-5(2,3)7-4-6/h6,9H,3-5H2,1-2H3;4H,1-3H3. The fraction of sp³-hybridized carbons (Fsp3) is 0.692. The van der Waals surface area contributed by atoms with E-state index in [4.69, 9.17) is 0 Å². The molecule has 1 fully saturated rings. The summed E-state index contributed by atoms with van der Waals surface area (Å²) < 4.78 is 4.55. The maximum atomic E-state index is 11.2. The average Bonchev–Trinajstić information content (AvgIpc) is 2.20. The lowest BCUT2D eigenvalue weighted by molar-refractivity contribution is -0.138. The second kappa shape index (κ2) is 7.87. The van der Waals surface area contributed by atoms with Crippen LogP contribution in [0, 0.1) is 0 Å². The highest BCUT2D eigenvalue weighted by Gasteiger charge is 2.13. The van der Waals surface area contributed by atoms with Gasteiger partial charge in [0.2, 0.25) is 0 Å². The van der Waals surface area contributed by atoms with Crippen molar-refractivity contribution in [3.05, 3.63) is 11.8 Å². The minimum absolute atomic E-state index is 0.275. The summed E-state index contributed by atoms with van der Waals surface area (Å²) >= 11 is 0. The van der Waals surface area contributed by atoms with E-state index < -0.39 is 0 Å². The van der Waals surface area contributed by atoms with Gasteiger partial charge in [0.15, 0.2) is 5.78 Å². The number of piperidine rings is 1. The number of carbonyl (C=O) groups excluding carboxylic acids is 2. The van der Waals surface area contributed by atoms with Crippen molar-refractivity contribution in [1.29, 1.82) is 0 Å². The molecule has 0 atom stereocenters. The van der Waals surface area contributed by atoms with E-state index in [1.54, 1.807) is 0 Å². The highest BCUT2D eigenvalue weighted by molar-refractivity contribution is 5.96. The summed E-state index contributed by atoms with van der Waals surface area (Å²) in [4.78, 5) is 22.7. The SMILES string of the molecule is CC(C)(C)OC=O.CN(C)C=C1CNCCC1=O. The molecule has 0 saturated carbocycles. The molecule has 0 bridgehead atoms. The van der Waals surface area contributed by atoms with Gasteiger partial charge in [-0.1, -0.05) is 0 Å². The Balaban J connectivity index is 0.000000360. The molecular weight excluding hydrogens is 232 g/mol. The van der Waals surface area contributed by atoms with Crippen LogP contribution in [0.1, 0.15) is 27.2 Å². The molecule has 0 spiro atoms. The van der Waals surface area contributed by atoms with Gasteiger partial charge >= 0.3 is 0 Å². The Labute approximate surface area is 109 Å². The van der Waals surface area contributed by atoms with Crippen molar-refractivity contribution < 1.29 is 14.3 Å². The molecule has 0 aromatic carbocycles. The average molecular weight is 256 g/mol. The van der Waals surface area contributed by atoms with Gasteiger partial charge in [0, 0.05) is 45.4 Å². The molecule has 1 N–H and O–H groups in total. The Bertz CT molecular complexity index is 304. The minimum Gasteiger partial charge on any atom is -0.462 e. The predicted octanol–water partition coefficient (Wildman–Crippen LogP) is 0.952. The molecule has 1 aliphatic rings. The Hall–Kier alpha value is -1.36. The van der Waals surface area contributed by atoms with E-state index in [-0.39, 0.29) is 11.4 Å². The molecule has 18 heavy (non-hydrogen) atoms. The van der Waals surface area contributed by atoms with Gasteiger partial charge in [-0.15, -0.1) is 0 Å². The second-order valence-electron chi connectivity index (χ2n) is 5.29. The van der Waals surface area contributed by atoms with Crippen LogP contribution in [0.2, 0.25) is 0 Å². The zero-order valence-corrected chi connectivity index (χ0v) is 11.9. The van der Waals surface area contributed by atoms with Crippen molar-refractivity contribution in [2.75, 3.05) is 27.2 Å². The van der Waals surface area contributed by atoms with Crippen molar-refractivity contribution in [2.45, 2.75) is 32.8 Å². The quantitative estimate of drug-likeness (QED) is 0.589. The van der Waals surface area contributed by atoms with Crippen molar-refractivity contribution in [3.63, 3.8) is 0 Å². The van der Waals surface area contributed by atoms with Crippen LogP contribution in [-0.4, -0.2) is 49.9 Å². The minimum atomic E-state index is -0.318. The lowest BCUT2D eigenvalue weighted by Crippen LogP contribution is -2.31. The number of ether oxygens (including phenoxy) is 1. The van der Waals surface area contributed by atoms with Gasteiger partial charge in [0.05, 0.1) is 0 Å². The topological polar surface area (TPSA) is 58.6 Å². The summed E-state index contributed by atoms with van der Waals surface area (Å²) in [6.45, 7) is 7.46. The van der Waals surface area contributed by atoms with Crippen LogP contribution >= 0.6 is 0 Å². The molecule has 104 valence electrons. The van der Waals surface area contributed by atoms with Crippen LogP contribution < -0.4 is 5.32 Å². The number of hydrogen-bond donors (Lipinski definition) is 1. The Morgan fingerprint density at radius 1 is 1.33 bits per heavy atom. The van der Waals surface area contributed by atoms with Crippen LogP contribution in [0.25, 0.3) is 0 Å². The number of Topliss-reactive ketones (excluding diaryl/α,β-unsaturated/α-hetero) is 1. The summed E-state index contributed by atoms with van der Waals surface area (Å²) in [6.07, 6.45) is 2.52. The van der Waals surface area contributed by atoms with E-state index in [1.807, 2.05) is 46.0 Å². The summed E-state index contributed by atoms with van der Waals surface area (Å²) in [5.74, 6) is 0.275. The number of carbonyl (C=O) groups is 2. The third kappa shape index (κ3) is 8.75. The Morgan fingerprint density at radius 2 is 1.94 bits per heavy atom. The van der Waals surface area contributed by atoms with E-state index in [2.05, 4.69) is 10.1 Å². The highest BCUT2D eigenvalue weighted by atomic mass is 16.5. The molecule has 1 saturated heterocycles. The van der Waals surface area contributed by atoms with Gasteiger partial charge in [-0.05, 0) is 20.8 Å². The van der Waals surface area contributed by atoms with Crippen LogP contribution in [0.15, 0.2) is 11.8 Å². The fourth-order valence-electron chi connectivity index (χ4n) is 1.26. The first-order valence-electron chi connectivity index (χ1n) is 5.99. The van der Waals surface area contributed by atoms with E-state index in [9.17, 15) is 9.59 Å². The van der Waals surface area contributed by atoms with Crippen molar-refractivity contribution in [1.82, 2.24) is 10.2 Å². The fourth-order valence-corrected chi connectivity index (χ4v) is 1.26. The van der Waals surface area contributed by atoms with Gasteiger partial charge in [0.25, 0.3) is 6.47 Å². The first-order chi connectivity index (χ1) is 8.26. The largest absolute Gasteiger partial charge is 0.462 e. The summed E-state index contributed by atoms with van der Waals surface area (Å²) in [7, 11) is 3.85. The molecule has 0 radical (unpaired) electrons. The monoisotopic (exact) mass is 256 g/mol. The smallest absolute Gasteiger partial charge is 0.293 e. The second-order valence-corrected chi connectivity index (χ2v) is 5.29. The number of ketones is 1. The molecule has 1 rings (SSSR count). The number of hydrogen-bond acceptors (Lipinski definition) is 5. The van der Waals surface area contributed by atoms with Crippen molar-refractivity contribution >= 4 is 12.3 Å². The molecule has 1 heterocycles. The summed E-state index contributed by atoms with van der Waals surface area (Å²) in [6, 6.07) is 0. The normalized spacial score (nSPS) is 17.8. The van der Waals surface area contributed by atoms with Crippen LogP contribution in [0.3, 0.4) is 0 Å². The molecule has 5 heteroatoms. The van der Waals surface area contributed by atoms with Crippen molar-refractivity contribution in [3.8, 4) is 0 Å². The van der Waals surface area contributed by atoms with Gasteiger partial charge < -0.3 is 15.0 Å². The molecular formula is C13H24N2O3. The molecule has 0 aromatic rings. The van der Waals surface area contributed by atoms with Gasteiger partial charge in [-0.25, -0.2) is 0 Å². The van der Waals surface area contributed by atoms with Crippen LogP contribution in [-0.2, 0) is 14.3 Å². The zero-order chi connectivity index (χ0) is 14.2. The van der Waals surface area contributed by atoms with Crippen molar-refractivity contribution in [2.24, 2.45) is 0 Å². The summed E-state index contributed by atoms with van der Waals surface area (Å²) in [5, 5.41) is 3.15. The van der Waals surface area contributed by atoms with Gasteiger partial charge in [-0.2, -0.15) is 0 Å². The molecule has 1 aliphatic heterocycles. The number of nitrogens with one attached hydrogen (secondary N) is 1. The van der Waals surface area contributed by atoms with Crippen LogP contribution in [0.5, 0.6) is 0 Å². The maximum Gasteiger partial charge on any atom is 0.293 e. The first-order valence-corrected chi connectivity index (χ1v) is 5.99. The highest BCUT2D eigenvalue weighted by Crippen LogP contribution is 2.04. The first kappa shape index (κ1) is 16.6. The Kier molecular flexibility index (Phi) is 7.27. The van der Waals surface area contributed by atoms with E-state index in [0.29, 0.717) is 12.9 Å². The van der Waals surface area contributed by atoms with Gasteiger partial charge in [0.1, 0.15) is 5.60 Å². The third-order valence-corrected chi connectivity index (χ3v) is 2.02. The zero-order valence-electron chi connectivity index (χ0n) is 11.9. The van der Waals surface area contributed by atoms with Gasteiger partial charge in [-0.3, -0.25) is 9.59 Å². The Morgan fingerprint density at radius 3 is 2.28 bits per heavy atom. The van der Waals surface area contributed by atoms with Crippen LogP contribution in [0.4, 0.5) is 0 Å². The number of rotatable bonds is 2. The number of nitrogens with zero attached hydrogens (tertiary/aromatic N) is 1. The molecule has 0 amide bonds. The third-order valence-electron chi connectivity index (χ3n) is 2.02. The van der Waals surface area contributed by atoms with E-state index >= 15 is 0 Å². The predicted molar refractivity (Wildman–Crippen MR) is 71.2 cm³/mol. The lowest BCUT2D eigenvalue weighted by atomic mass is 10.1. The molecule has 0 aliphatic carbocycles. The molecule has 0 aromatic heterocycles. The molecule has 5 nitrogen and oxygen atoms in total. The van der Waals surface area contributed by atoms with E-state index in [1.165, 1.54) is 0 Å². The molecule has 0 unspecified atom stereocenters. The summed E-state index contributed by atoms with van der Waals surface area (Å²) in [5.41, 5.74) is 0.572.